The summed E-state index contributed by atoms with van der Waals surface area (Å²) in [6.45, 7) is 2.73. The van der Waals surface area contributed by atoms with Gasteiger partial charge in [-0.15, -0.1) is 0 Å². The minimum atomic E-state index is -1.71. The molecule has 2 atom stereocenters. The molecule has 0 spiro atoms. The molecule has 1 amide bonds. The Kier molecular flexibility index (Phi) is 8.65. The molecule has 1 saturated heterocycles. The van der Waals surface area contributed by atoms with Crippen molar-refractivity contribution in [2.24, 2.45) is 5.92 Å². The fourth-order valence-corrected chi connectivity index (χ4v) is 6.75. The van der Waals surface area contributed by atoms with E-state index in [1.807, 2.05) is 6.92 Å². The molecule has 2 heterocycles. The fraction of sp³-hybridized carbons (Fsp3) is 0.375. The zero-order valence-corrected chi connectivity index (χ0v) is 24.8. The number of ether oxygens (including phenoxy) is 2. The van der Waals surface area contributed by atoms with Crippen LogP contribution < -0.4 is 0 Å². The fourth-order valence-electron chi connectivity index (χ4n) is 6.43. The summed E-state index contributed by atoms with van der Waals surface area (Å²) < 4.78 is 28.1. The Balaban J connectivity index is 1.70. The molecule has 5 rings (SSSR count). The molecule has 2 aliphatic heterocycles. The highest BCUT2D eigenvalue weighted by atomic mass is 35.5. The molecule has 2 N–H and O–H groups in total. The van der Waals surface area contributed by atoms with Crippen molar-refractivity contribution in [3.8, 4) is 0 Å². The SMILES string of the molecule is CCC(O)(c1cc(F)c2c(c1)C(=O)N(Cc1ccc(Cl)cc1CC(=O)O)[C@@]2(OC)c1ccc(Cl)cc1)C1CCOCC1. The van der Waals surface area contributed by atoms with Crippen LogP contribution in [-0.2, 0) is 38.6 Å². The van der Waals surface area contributed by atoms with E-state index in [4.69, 9.17) is 32.7 Å². The van der Waals surface area contributed by atoms with Gasteiger partial charge in [-0.2, -0.15) is 0 Å². The van der Waals surface area contributed by atoms with Crippen molar-refractivity contribution in [1.82, 2.24) is 4.90 Å². The monoisotopic (exact) mass is 615 g/mol. The predicted molar refractivity (Wildman–Crippen MR) is 156 cm³/mol. The first-order valence-corrected chi connectivity index (χ1v) is 14.6. The summed E-state index contributed by atoms with van der Waals surface area (Å²) in [5.41, 5.74) is -1.28. The Morgan fingerprint density at radius 3 is 2.38 bits per heavy atom. The van der Waals surface area contributed by atoms with Gasteiger partial charge < -0.3 is 19.7 Å². The standard InChI is InChI=1S/C32H32Cl2FNO6/c1-3-31(40,21-10-12-42-13-11-21)23-16-26-29(27(35)17-23)32(41-2,22-5-8-24(33)9-6-22)36(30(26)39)18-19-4-7-25(34)14-20(19)15-28(37)38/h4-9,14,16-17,21,40H,3,10-13,15,18H2,1-2H3,(H,37,38)/t31?,32-/m1/s1. The second kappa shape index (κ2) is 11.9. The van der Waals surface area contributed by atoms with E-state index < -0.39 is 29.0 Å². The largest absolute Gasteiger partial charge is 0.481 e. The number of carbonyl (C=O) groups excluding carboxylic acids is 1. The number of hydrogen-bond acceptors (Lipinski definition) is 5. The third-order valence-corrected chi connectivity index (χ3v) is 9.08. The van der Waals surface area contributed by atoms with Crippen LogP contribution in [0.5, 0.6) is 0 Å². The predicted octanol–water partition coefficient (Wildman–Crippen LogP) is 6.29. The van der Waals surface area contributed by atoms with E-state index in [0.717, 1.165) is 0 Å². The second-order valence-corrected chi connectivity index (χ2v) is 11.6. The molecule has 0 bridgehead atoms. The summed E-state index contributed by atoms with van der Waals surface area (Å²) in [4.78, 5) is 27.4. The first kappa shape index (κ1) is 30.4. The van der Waals surface area contributed by atoms with E-state index in [2.05, 4.69) is 0 Å². The van der Waals surface area contributed by atoms with Gasteiger partial charge in [-0.25, -0.2) is 4.39 Å². The molecular formula is C32H32Cl2FNO6. The van der Waals surface area contributed by atoms with Gasteiger partial charge in [-0.05, 0) is 78.3 Å². The van der Waals surface area contributed by atoms with Crippen molar-refractivity contribution in [3.63, 3.8) is 0 Å². The van der Waals surface area contributed by atoms with E-state index in [9.17, 15) is 19.8 Å². The van der Waals surface area contributed by atoms with Gasteiger partial charge in [0, 0.05) is 42.5 Å². The van der Waals surface area contributed by atoms with Gasteiger partial charge in [0.25, 0.3) is 5.91 Å². The summed E-state index contributed by atoms with van der Waals surface area (Å²) in [5, 5.41) is 22.2. The van der Waals surface area contributed by atoms with Crippen LogP contribution in [0.25, 0.3) is 0 Å². The van der Waals surface area contributed by atoms with Crippen molar-refractivity contribution in [3.05, 3.63) is 104 Å². The van der Waals surface area contributed by atoms with Crippen molar-refractivity contribution >= 4 is 35.1 Å². The van der Waals surface area contributed by atoms with Crippen LogP contribution in [0, 0.1) is 11.7 Å². The van der Waals surface area contributed by atoms with Crippen LogP contribution in [0.15, 0.2) is 54.6 Å². The highest BCUT2D eigenvalue weighted by Crippen LogP contribution is 2.49. The molecule has 0 aliphatic carbocycles. The van der Waals surface area contributed by atoms with Crippen molar-refractivity contribution in [2.75, 3.05) is 20.3 Å². The Bertz CT molecular complexity index is 1510. The number of methoxy groups -OCH3 is 1. The Morgan fingerprint density at radius 1 is 1.10 bits per heavy atom. The average molecular weight is 617 g/mol. The number of halogens is 3. The van der Waals surface area contributed by atoms with Gasteiger partial charge in [0.05, 0.1) is 23.1 Å². The number of rotatable bonds is 9. The van der Waals surface area contributed by atoms with Crippen LogP contribution in [0.4, 0.5) is 4.39 Å². The first-order valence-electron chi connectivity index (χ1n) is 13.8. The lowest BCUT2D eigenvalue weighted by molar-refractivity contribution is -0.136. The third-order valence-electron chi connectivity index (χ3n) is 8.59. The summed E-state index contributed by atoms with van der Waals surface area (Å²) in [6.07, 6.45) is 1.22. The number of nitrogens with zero attached hydrogens (tertiary/aromatic N) is 1. The maximum atomic E-state index is 16.5. The summed E-state index contributed by atoms with van der Waals surface area (Å²) >= 11 is 12.4. The molecule has 3 aromatic carbocycles. The molecule has 222 valence electrons. The van der Waals surface area contributed by atoms with E-state index >= 15 is 4.39 Å². The average Bonchev–Trinajstić information content (AvgIpc) is 3.22. The van der Waals surface area contributed by atoms with Crippen LogP contribution in [0.1, 0.15) is 64.4 Å². The number of hydrogen-bond donors (Lipinski definition) is 2. The lowest BCUT2D eigenvalue weighted by Gasteiger charge is -2.39. The first-order chi connectivity index (χ1) is 20.0. The molecule has 1 fully saturated rings. The van der Waals surface area contributed by atoms with E-state index in [0.29, 0.717) is 64.8 Å². The molecule has 2 aliphatic rings. The van der Waals surface area contributed by atoms with Crippen LogP contribution in [0.2, 0.25) is 10.0 Å². The molecule has 3 aromatic rings. The van der Waals surface area contributed by atoms with Crippen molar-refractivity contribution < 1.29 is 33.7 Å². The Labute approximate surface area is 253 Å². The number of carboxylic acids is 1. The second-order valence-electron chi connectivity index (χ2n) is 10.8. The quantitative estimate of drug-likeness (QED) is 0.294. The van der Waals surface area contributed by atoms with Gasteiger partial charge in [0.1, 0.15) is 5.82 Å². The summed E-state index contributed by atoms with van der Waals surface area (Å²) in [7, 11) is 1.39. The van der Waals surface area contributed by atoms with Crippen molar-refractivity contribution in [1.29, 1.82) is 0 Å². The minimum absolute atomic E-state index is 0.0141. The number of benzene rings is 3. The van der Waals surface area contributed by atoms with Gasteiger partial charge in [0.2, 0.25) is 0 Å². The van der Waals surface area contributed by atoms with Gasteiger partial charge in [-0.1, -0.05) is 48.3 Å². The van der Waals surface area contributed by atoms with Gasteiger partial charge in [0.15, 0.2) is 5.72 Å². The van der Waals surface area contributed by atoms with Crippen LogP contribution >= 0.6 is 23.2 Å². The smallest absolute Gasteiger partial charge is 0.307 e. The Morgan fingerprint density at radius 2 is 1.76 bits per heavy atom. The highest BCUT2D eigenvalue weighted by Gasteiger charge is 2.54. The van der Waals surface area contributed by atoms with Crippen LogP contribution in [-0.4, -0.2) is 47.3 Å². The molecular weight excluding hydrogens is 584 g/mol. The highest BCUT2D eigenvalue weighted by molar-refractivity contribution is 6.30. The van der Waals surface area contributed by atoms with Crippen molar-refractivity contribution in [2.45, 2.75) is 50.5 Å². The number of aliphatic carboxylic acids is 1. The molecule has 0 aromatic heterocycles. The van der Waals surface area contributed by atoms with Gasteiger partial charge in [-0.3, -0.25) is 14.5 Å². The normalized spacial score (nSPS) is 20.4. The molecule has 7 nitrogen and oxygen atoms in total. The summed E-state index contributed by atoms with van der Waals surface area (Å²) in [6, 6.07) is 14.3. The lowest BCUT2D eigenvalue weighted by Crippen LogP contribution is -2.46. The lowest BCUT2D eigenvalue weighted by atomic mass is 9.74. The number of amides is 1. The zero-order chi connectivity index (χ0) is 30.2. The molecule has 42 heavy (non-hydrogen) atoms. The summed E-state index contributed by atoms with van der Waals surface area (Å²) in [5.74, 6) is -2.45. The van der Waals surface area contributed by atoms with Crippen LogP contribution in [0.3, 0.4) is 0 Å². The molecule has 10 heteroatoms. The number of fused-ring (bicyclic) bond motifs is 1. The molecule has 0 radical (unpaired) electrons. The third kappa shape index (κ3) is 5.20. The zero-order valence-electron chi connectivity index (χ0n) is 23.3. The van der Waals surface area contributed by atoms with E-state index in [1.54, 1.807) is 48.5 Å². The van der Waals surface area contributed by atoms with Gasteiger partial charge >= 0.3 is 5.97 Å². The van der Waals surface area contributed by atoms with E-state index in [1.165, 1.54) is 18.1 Å². The molecule has 1 unspecified atom stereocenters. The number of carboxylic acid groups (broad SMARTS) is 1. The Hall–Kier alpha value is -3.01. The molecule has 0 saturated carbocycles. The van der Waals surface area contributed by atoms with E-state index in [-0.39, 0.29) is 30.0 Å². The minimum Gasteiger partial charge on any atom is -0.481 e. The maximum absolute atomic E-state index is 16.5. The number of aliphatic hydroxyl groups is 1. The topological polar surface area (TPSA) is 96.3 Å². The number of carbonyl (C=O) groups is 2. The maximum Gasteiger partial charge on any atom is 0.307 e.